The van der Waals surface area contributed by atoms with Gasteiger partial charge < -0.3 is 10.6 Å². The van der Waals surface area contributed by atoms with Crippen molar-refractivity contribution in [1.29, 1.82) is 0 Å². The summed E-state index contributed by atoms with van der Waals surface area (Å²) in [5.74, 6) is 0. The summed E-state index contributed by atoms with van der Waals surface area (Å²) in [5.41, 5.74) is 1.10. The van der Waals surface area contributed by atoms with Crippen molar-refractivity contribution in [2.45, 2.75) is 6.04 Å². The summed E-state index contributed by atoms with van der Waals surface area (Å²) < 4.78 is 1.09. The van der Waals surface area contributed by atoms with E-state index >= 15 is 0 Å². The highest BCUT2D eigenvalue weighted by molar-refractivity contribution is 9.10. The second-order valence-corrected chi connectivity index (χ2v) is 4.03. The number of pyridine rings is 1. The van der Waals surface area contributed by atoms with Crippen LogP contribution in [-0.4, -0.2) is 24.6 Å². The van der Waals surface area contributed by atoms with E-state index in [1.807, 2.05) is 12.3 Å². The van der Waals surface area contributed by atoms with Crippen LogP contribution in [0.1, 0.15) is 11.7 Å². The minimum absolute atomic E-state index is 0.353. The Hall–Kier alpha value is -0.450. The van der Waals surface area contributed by atoms with E-state index in [9.17, 15) is 0 Å². The zero-order chi connectivity index (χ0) is 9.10. The molecule has 1 aliphatic rings. The van der Waals surface area contributed by atoms with Gasteiger partial charge in [0.2, 0.25) is 0 Å². The fourth-order valence-electron chi connectivity index (χ4n) is 1.47. The number of nitrogens with zero attached hydrogens (tertiary/aromatic N) is 1. The van der Waals surface area contributed by atoms with Gasteiger partial charge >= 0.3 is 0 Å². The maximum absolute atomic E-state index is 4.33. The van der Waals surface area contributed by atoms with Gasteiger partial charge in [-0.3, -0.25) is 4.98 Å². The lowest BCUT2D eigenvalue weighted by atomic mass is 10.1. The number of halogens is 1. The second-order valence-electron chi connectivity index (χ2n) is 3.11. The van der Waals surface area contributed by atoms with Gasteiger partial charge in [0.1, 0.15) is 0 Å². The first-order valence-electron chi connectivity index (χ1n) is 4.42. The molecule has 1 saturated heterocycles. The van der Waals surface area contributed by atoms with E-state index in [-0.39, 0.29) is 0 Å². The summed E-state index contributed by atoms with van der Waals surface area (Å²) in [4.78, 5) is 4.33. The van der Waals surface area contributed by atoms with Crippen LogP contribution in [0.3, 0.4) is 0 Å². The summed E-state index contributed by atoms with van der Waals surface area (Å²) in [5, 5.41) is 6.75. The average Bonchev–Trinajstić information content (AvgIpc) is 2.19. The molecule has 0 saturated carbocycles. The van der Waals surface area contributed by atoms with Crippen LogP contribution in [0.4, 0.5) is 0 Å². The predicted molar refractivity (Wildman–Crippen MR) is 55.6 cm³/mol. The molecule has 1 aliphatic heterocycles. The molecule has 0 unspecified atom stereocenters. The maximum Gasteiger partial charge on any atom is 0.0622 e. The highest BCUT2D eigenvalue weighted by Gasteiger charge is 2.14. The van der Waals surface area contributed by atoms with Crippen molar-refractivity contribution in [1.82, 2.24) is 15.6 Å². The molecule has 0 amide bonds. The van der Waals surface area contributed by atoms with Crippen LogP contribution < -0.4 is 10.6 Å². The minimum Gasteiger partial charge on any atom is -0.314 e. The van der Waals surface area contributed by atoms with Crippen LogP contribution in [0.15, 0.2) is 22.8 Å². The SMILES string of the molecule is Brc1ccnc([C@H]2CNCCN2)c1. The van der Waals surface area contributed by atoms with Crippen LogP contribution >= 0.6 is 15.9 Å². The van der Waals surface area contributed by atoms with Crippen LogP contribution in [-0.2, 0) is 0 Å². The first-order chi connectivity index (χ1) is 6.36. The first kappa shape index (κ1) is 9.12. The lowest BCUT2D eigenvalue weighted by Gasteiger charge is -2.23. The molecule has 1 aromatic rings. The first-order valence-corrected chi connectivity index (χ1v) is 5.21. The van der Waals surface area contributed by atoms with E-state index < -0.39 is 0 Å². The zero-order valence-corrected chi connectivity index (χ0v) is 8.84. The summed E-state index contributed by atoms with van der Waals surface area (Å²) >= 11 is 3.44. The van der Waals surface area contributed by atoms with Crippen LogP contribution in [0.5, 0.6) is 0 Å². The fraction of sp³-hybridized carbons (Fsp3) is 0.444. The van der Waals surface area contributed by atoms with E-state index in [1.165, 1.54) is 0 Å². The van der Waals surface area contributed by atoms with Crippen LogP contribution in [0.2, 0.25) is 0 Å². The van der Waals surface area contributed by atoms with Gasteiger partial charge in [-0.1, -0.05) is 15.9 Å². The van der Waals surface area contributed by atoms with Crippen molar-refractivity contribution in [3.05, 3.63) is 28.5 Å². The standard InChI is InChI=1S/C9H12BrN3/c10-7-1-2-12-8(5-7)9-6-11-3-4-13-9/h1-2,5,9,11,13H,3-4,6H2/t9-/m1/s1. The summed E-state index contributed by atoms with van der Waals surface area (Å²) in [7, 11) is 0. The Labute approximate surface area is 86.1 Å². The zero-order valence-electron chi connectivity index (χ0n) is 7.26. The lowest BCUT2D eigenvalue weighted by Crippen LogP contribution is -2.42. The largest absolute Gasteiger partial charge is 0.314 e. The molecule has 13 heavy (non-hydrogen) atoms. The molecule has 0 aliphatic carbocycles. The van der Waals surface area contributed by atoms with Gasteiger partial charge in [-0.15, -0.1) is 0 Å². The highest BCUT2D eigenvalue weighted by Crippen LogP contribution is 2.15. The number of hydrogen-bond acceptors (Lipinski definition) is 3. The van der Waals surface area contributed by atoms with Gasteiger partial charge in [-0.25, -0.2) is 0 Å². The third kappa shape index (κ3) is 2.27. The Morgan fingerprint density at radius 2 is 2.38 bits per heavy atom. The molecule has 2 heterocycles. The summed E-state index contributed by atoms with van der Waals surface area (Å²) in [6.07, 6.45) is 1.83. The minimum atomic E-state index is 0.353. The molecule has 3 nitrogen and oxygen atoms in total. The molecule has 0 radical (unpaired) electrons. The quantitative estimate of drug-likeness (QED) is 0.773. The Morgan fingerprint density at radius 3 is 3.08 bits per heavy atom. The van der Waals surface area contributed by atoms with Gasteiger partial charge in [0.05, 0.1) is 11.7 Å². The molecule has 2 rings (SSSR count). The number of aromatic nitrogens is 1. The van der Waals surface area contributed by atoms with Gasteiger partial charge in [-0.2, -0.15) is 0 Å². The van der Waals surface area contributed by atoms with Crippen LogP contribution in [0, 0.1) is 0 Å². The predicted octanol–water partition coefficient (Wildman–Crippen LogP) is 1.08. The fourth-order valence-corrected chi connectivity index (χ4v) is 1.83. The van der Waals surface area contributed by atoms with Crippen molar-refractivity contribution in [3.8, 4) is 0 Å². The molecule has 2 N–H and O–H groups in total. The number of rotatable bonds is 1. The molecule has 1 fully saturated rings. The van der Waals surface area contributed by atoms with Crippen molar-refractivity contribution in [2.24, 2.45) is 0 Å². The molecule has 70 valence electrons. The van der Waals surface area contributed by atoms with Gasteiger partial charge in [-0.05, 0) is 12.1 Å². The van der Waals surface area contributed by atoms with E-state index in [0.29, 0.717) is 6.04 Å². The molecule has 0 spiro atoms. The lowest BCUT2D eigenvalue weighted by molar-refractivity contribution is 0.423. The Kier molecular flexibility index (Phi) is 2.93. The number of nitrogens with one attached hydrogen (secondary N) is 2. The normalized spacial score (nSPS) is 23.0. The van der Waals surface area contributed by atoms with Gasteiger partial charge in [0.15, 0.2) is 0 Å². The second kappa shape index (κ2) is 4.17. The molecular weight excluding hydrogens is 230 g/mol. The summed E-state index contributed by atoms with van der Waals surface area (Å²) in [6.45, 7) is 3.02. The summed E-state index contributed by atoms with van der Waals surface area (Å²) in [6, 6.07) is 4.36. The Balaban J connectivity index is 2.14. The van der Waals surface area contributed by atoms with Gasteiger partial charge in [0.25, 0.3) is 0 Å². The third-order valence-electron chi connectivity index (χ3n) is 2.14. The van der Waals surface area contributed by atoms with Gasteiger partial charge in [0, 0.05) is 30.3 Å². The van der Waals surface area contributed by atoms with Crippen LogP contribution in [0.25, 0.3) is 0 Å². The molecule has 1 atom stereocenters. The molecule has 1 aromatic heterocycles. The van der Waals surface area contributed by atoms with Crippen molar-refractivity contribution < 1.29 is 0 Å². The maximum atomic E-state index is 4.33. The monoisotopic (exact) mass is 241 g/mol. The number of piperazine rings is 1. The number of hydrogen-bond donors (Lipinski definition) is 2. The third-order valence-corrected chi connectivity index (χ3v) is 2.63. The molecular formula is C9H12BrN3. The molecule has 0 aromatic carbocycles. The van der Waals surface area contributed by atoms with Crippen molar-refractivity contribution >= 4 is 15.9 Å². The Bertz CT molecular complexity index is 284. The van der Waals surface area contributed by atoms with E-state index in [0.717, 1.165) is 29.8 Å². The van der Waals surface area contributed by atoms with E-state index in [4.69, 9.17) is 0 Å². The highest BCUT2D eigenvalue weighted by atomic mass is 79.9. The average molecular weight is 242 g/mol. The smallest absolute Gasteiger partial charge is 0.0622 e. The van der Waals surface area contributed by atoms with E-state index in [2.05, 4.69) is 37.6 Å². The topological polar surface area (TPSA) is 37.0 Å². The molecule has 4 heteroatoms. The van der Waals surface area contributed by atoms with Crippen molar-refractivity contribution in [3.63, 3.8) is 0 Å². The molecule has 0 bridgehead atoms. The van der Waals surface area contributed by atoms with E-state index in [1.54, 1.807) is 0 Å². The Morgan fingerprint density at radius 1 is 1.46 bits per heavy atom. The van der Waals surface area contributed by atoms with Crippen molar-refractivity contribution in [2.75, 3.05) is 19.6 Å².